The molecule has 1 amide bonds. The zero-order valence-electron chi connectivity index (χ0n) is 15.6. The van der Waals surface area contributed by atoms with Crippen LogP contribution in [0, 0.1) is 20.8 Å². The maximum absolute atomic E-state index is 11.4. The third-order valence-corrected chi connectivity index (χ3v) is 5.59. The summed E-state index contributed by atoms with van der Waals surface area (Å²) in [5, 5.41) is 2.75. The number of benzene rings is 2. The number of unbranched alkanes of at least 4 members (excludes halogenated alkanes) is 1. The van der Waals surface area contributed by atoms with Crippen molar-refractivity contribution in [1.82, 2.24) is 0 Å². The Balaban J connectivity index is 1.47. The second-order valence-corrected chi connectivity index (χ2v) is 7.76. The molecule has 1 heterocycles. The van der Waals surface area contributed by atoms with Crippen molar-refractivity contribution >= 4 is 23.5 Å². The predicted molar refractivity (Wildman–Crippen MR) is 106 cm³/mol. The lowest BCUT2D eigenvalue weighted by atomic mass is 10.0. The highest BCUT2D eigenvalue weighted by Gasteiger charge is 2.21. The van der Waals surface area contributed by atoms with E-state index in [-0.39, 0.29) is 0 Å². The zero-order chi connectivity index (χ0) is 18.5. The summed E-state index contributed by atoms with van der Waals surface area (Å²) in [4.78, 5) is 12.7. The molecule has 1 aliphatic rings. The number of nitrogens with one attached hydrogen (secondary N) is 1. The first-order chi connectivity index (χ1) is 12.5. The molecule has 0 atom stereocenters. The molecular formula is C21H25NO3S. The Morgan fingerprint density at radius 2 is 1.92 bits per heavy atom. The number of ether oxygens (including phenoxy) is 2. The molecule has 0 aliphatic carbocycles. The molecule has 3 rings (SSSR count). The molecule has 2 aromatic carbocycles. The largest absolute Gasteiger partial charge is 0.493 e. The normalized spacial score (nSPS) is 13.0. The Labute approximate surface area is 159 Å². The molecule has 0 aromatic heterocycles. The number of hydrogen-bond acceptors (Lipinski definition) is 4. The Morgan fingerprint density at radius 3 is 2.69 bits per heavy atom. The van der Waals surface area contributed by atoms with Crippen molar-refractivity contribution in [3.8, 4) is 5.75 Å². The van der Waals surface area contributed by atoms with Gasteiger partial charge >= 0.3 is 6.09 Å². The lowest BCUT2D eigenvalue weighted by molar-refractivity contribution is 0.151. The second kappa shape index (κ2) is 8.49. The molecule has 5 heteroatoms. The predicted octanol–water partition coefficient (Wildman–Crippen LogP) is 5.63. The number of aryl methyl sites for hydroxylation is 2. The van der Waals surface area contributed by atoms with Gasteiger partial charge in [-0.15, -0.1) is 11.8 Å². The molecule has 0 fully saturated rings. The van der Waals surface area contributed by atoms with E-state index in [0.717, 1.165) is 46.7 Å². The van der Waals surface area contributed by atoms with Crippen LogP contribution >= 0.6 is 11.8 Å². The topological polar surface area (TPSA) is 47.6 Å². The van der Waals surface area contributed by atoms with E-state index in [1.54, 1.807) is 0 Å². The van der Waals surface area contributed by atoms with E-state index in [4.69, 9.17) is 9.47 Å². The quantitative estimate of drug-likeness (QED) is 0.506. The Hall–Kier alpha value is -2.14. The van der Waals surface area contributed by atoms with Gasteiger partial charge < -0.3 is 9.47 Å². The van der Waals surface area contributed by atoms with E-state index >= 15 is 0 Å². The lowest BCUT2D eigenvalue weighted by Gasteiger charge is -2.23. The fourth-order valence-electron chi connectivity index (χ4n) is 3.01. The number of amides is 1. The van der Waals surface area contributed by atoms with Crippen molar-refractivity contribution in [2.75, 3.05) is 17.7 Å². The summed E-state index contributed by atoms with van der Waals surface area (Å²) in [5.41, 5.74) is 5.22. The number of hydrogen-bond donors (Lipinski definition) is 1. The summed E-state index contributed by atoms with van der Waals surface area (Å²) in [6.45, 7) is 7.14. The standard InChI is InChI=1S/C21H25NO3S/c1-14-6-8-17(9-7-14)26-11-5-4-10-24-20-15(2)12-19-18(16(20)3)13-25-21(23)22-19/h6-9,12H,4-5,10-11,13H2,1-3H3,(H,22,23). The highest BCUT2D eigenvalue weighted by Crippen LogP contribution is 2.34. The van der Waals surface area contributed by atoms with Crippen LogP contribution in [0.4, 0.5) is 10.5 Å². The van der Waals surface area contributed by atoms with Crippen molar-refractivity contribution in [1.29, 1.82) is 0 Å². The van der Waals surface area contributed by atoms with Crippen molar-refractivity contribution < 1.29 is 14.3 Å². The van der Waals surface area contributed by atoms with E-state index in [2.05, 4.69) is 36.5 Å². The molecule has 0 spiro atoms. The van der Waals surface area contributed by atoms with Gasteiger partial charge in [0.05, 0.1) is 12.3 Å². The van der Waals surface area contributed by atoms with Gasteiger partial charge in [0, 0.05) is 10.5 Å². The van der Waals surface area contributed by atoms with E-state index in [1.807, 2.05) is 31.7 Å². The summed E-state index contributed by atoms with van der Waals surface area (Å²) >= 11 is 1.89. The van der Waals surface area contributed by atoms with Gasteiger partial charge in [-0.25, -0.2) is 4.79 Å². The molecule has 0 radical (unpaired) electrons. The van der Waals surface area contributed by atoms with Crippen LogP contribution in [-0.2, 0) is 11.3 Å². The van der Waals surface area contributed by atoms with Crippen molar-refractivity contribution in [3.63, 3.8) is 0 Å². The molecular weight excluding hydrogens is 346 g/mol. The van der Waals surface area contributed by atoms with Crippen LogP contribution in [0.5, 0.6) is 5.75 Å². The van der Waals surface area contributed by atoms with Crippen LogP contribution in [0.15, 0.2) is 35.2 Å². The van der Waals surface area contributed by atoms with Gasteiger partial charge in [0.15, 0.2) is 0 Å². The Morgan fingerprint density at radius 1 is 1.15 bits per heavy atom. The molecule has 26 heavy (non-hydrogen) atoms. The number of carbonyl (C=O) groups is 1. The smallest absolute Gasteiger partial charge is 0.411 e. The number of fused-ring (bicyclic) bond motifs is 1. The van der Waals surface area contributed by atoms with E-state index in [1.165, 1.54) is 10.5 Å². The first-order valence-electron chi connectivity index (χ1n) is 8.93. The maximum Gasteiger partial charge on any atom is 0.411 e. The highest BCUT2D eigenvalue weighted by molar-refractivity contribution is 7.99. The SMILES string of the molecule is Cc1ccc(SCCCCOc2c(C)cc3c(c2C)COC(=O)N3)cc1. The molecule has 0 saturated carbocycles. The van der Waals surface area contributed by atoms with Gasteiger partial charge in [-0.05, 0) is 68.7 Å². The average Bonchev–Trinajstić information content (AvgIpc) is 2.61. The van der Waals surface area contributed by atoms with E-state index in [9.17, 15) is 4.79 Å². The number of thioether (sulfide) groups is 1. The van der Waals surface area contributed by atoms with Gasteiger partial charge in [0.25, 0.3) is 0 Å². The van der Waals surface area contributed by atoms with Crippen LogP contribution in [0.1, 0.15) is 35.1 Å². The van der Waals surface area contributed by atoms with Crippen molar-refractivity contribution in [2.45, 2.75) is 45.1 Å². The zero-order valence-corrected chi connectivity index (χ0v) is 16.4. The Bertz CT molecular complexity index is 787. The minimum atomic E-state index is -0.393. The minimum absolute atomic E-state index is 0.302. The lowest BCUT2D eigenvalue weighted by Crippen LogP contribution is -2.21. The van der Waals surface area contributed by atoms with Gasteiger partial charge in [-0.1, -0.05) is 17.7 Å². The Kier molecular flexibility index (Phi) is 6.09. The molecule has 2 aromatic rings. The number of cyclic esters (lactones) is 1. The van der Waals surface area contributed by atoms with Crippen molar-refractivity contribution in [3.05, 3.63) is 52.6 Å². The summed E-state index contributed by atoms with van der Waals surface area (Å²) in [6, 6.07) is 10.6. The summed E-state index contributed by atoms with van der Waals surface area (Å²) in [5.74, 6) is 2.00. The van der Waals surface area contributed by atoms with Crippen molar-refractivity contribution in [2.24, 2.45) is 0 Å². The first kappa shape index (κ1) is 18.6. The third kappa shape index (κ3) is 4.52. The van der Waals surface area contributed by atoms with Crippen LogP contribution in [-0.4, -0.2) is 18.5 Å². The molecule has 0 unspecified atom stereocenters. The third-order valence-electron chi connectivity index (χ3n) is 4.50. The minimum Gasteiger partial charge on any atom is -0.493 e. The first-order valence-corrected chi connectivity index (χ1v) is 9.92. The van der Waals surface area contributed by atoms with Gasteiger partial charge in [0.1, 0.15) is 12.4 Å². The second-order valence-electron chi connectivity index (χ2n) is 6.59. The fourth-order valence-corrected chi connectivity index (χ4v) is 3.92. The van der Waals surface area contributed by atoms with Crippen LogP contribution in [0.3, 0.4) is 0 Å². The van der Waals surface area contributed by atoms with Gasteiger partial charge in [-0.3, -0.25) is 5.32 Å². The summed E-state index contributed by atoms with van der Waals surface area (Å²) in [6.07, 6.45) is 1.74. The fraction of sp³-hybridized carbons (Fsp3) is 0.381. The van der Waals surface area contributed by atoms with E-state index in [0.29, 0.717) is 13.2 Å². The van der Waals surface area contributed by atoms with Gasteiger partial charge in [-0.2, -0.15) is 0 Å². The van der Waals surface area contributed by atoms with E-state index < -0.39 is 6.09 Å². The maximum atomic E-state index is 11.4. The summed E-state index contributed by atoms with van der Waals surface area (Å²) in [7, 11) is 0. The molecule has 0 saturated heterocycles. The molecule has 138 valence electrons. The summed E-state index contributed by atoms with van der Waals surface area (Å²) < 4.78 is 11.1. The monoisotopic (exact) mass is 371 g/mol. The van der Waals surface area contributed by atoms with Crippen LogP contribution in [0.2, 0.25) is 0 Å². The number of carbonyl (C=O) groups excluding carboxylic acids is 1. The average molecular weight is 372 g/mol. The number of anilines is 1. The van der Waals surface area contributed by atoms with Gasteiger partial charge in [0.2, 0.25) is 0 Å². The molecule has 0 bridgehead atoms. The molecule has 1 N–H and O–H groups in total. The number of rotatable bonds is 7. The molecule has 1 aliphatic heterocycles. The van der Waals surface area contributed by atoms with Crippen LogP contribution in [0.25, 0.3) is 0 Å². The highest BCUT2D eigenvalue weighted by atomic mass is 32.2. The molecule has 4 nitrogen and oxygen atoms in total. The van der Waals surface area contributed by atoms with Crippen LogP contribution < -0.4 is 10.1 Å².